The van der Waals surface area contributed by atoms with Gasteiger partial charge in [0.15, 0.2) is 0 Å². The van der Waals surface area contributed by atoms with Crippen molar-refractivity contribution in [2.75, 3.05) is 6.61 Å². The van der Waals surface area contributed by atoms with Crippen LogP contribution in [0.1, 0.15) is 19.4 Å². The van der Waals surface area contributed by atoms with Crippen molar-refractivity contribution in [3.05, 3.63) is 30.1 Å². The number of hydrogen-bond acceptors (Lipinski definition) is 3. The van der Waals surface area contributed by atoms with E-state index in [0.717, 1.165) is 17.6 Å². The van der Waals surface area contributed by atoms with Crippen molar-refractivity contribution in [3.8, 4) is 0 Å². The number of pyridine rings is 1. The van der Waals surface area contributed by atoms with Crippen LogP contribution in [-0.4, -0.2) is 27.3 Å². The van der Waals surface area contributed by atoms with Crippen LogP contribution in [-0.2, 0) is 13.1 Å². The van der Waals surface area contributed by atoms with E-state index in [0.29, 0.717) is 12.6 Å². The van der Waals surface area contributed by atoms with E-state index in [4.69, 9.17) is 5.11 Å². The van der Waals surface area contributed by atoms with Crippen LogP contribution in [0.5, 0.6) is 0 Å². The standard InChI is InChI=1S/C13H19N3O/c1-10(2)15-8-11-9-16(6-7-17)13-12(11)4-3-5-14-13/h3-5,9-10,15,17H,6-8H2,1-2H3. The molecule has 0 fully saturated rings. The number of hydrogen-bond donors (Lipinski definition) is 2. The zero-order valence-electron chi connectivity index (χ0n) is 10.3. The van der Waals surface area contributed by atoms with Gasteiger partial charge in [0.25, 0.3) is 0 Å². The Morgan fingerprint density at radius 3 is 3.00 bits per heavy atom. The van der Waals surface area contributed by atoms with E-state index in [2.05, 4.69) is 36.4 Å². The summed E-state index contributed by atoms with van der Waals surface area (Å²) in [5.74, 6) is 0. The van der Waals surface area contributed by atoms with Crippen molar-refractivity contribution in [2.45, 2.75) is 33.0 Å². The van der Waals surface area contributed by atoms with Gasteiger partial charge in [0.05, 0.1) is 6.61 Å². The molecular weight excluding hydrogens is 214 g/mol. The van der Waals surface area contributed by atoms with Gasteiger partial charge in [-0.05, 0) is 17.7 Å². The minimum absolute atomic E-state index is 0.136. The Balaban J connectivity index is 2.34. The van der Waals surface area contributed by atoms with Crippen molar-refractivity contribution in [3.63, 3.8) is 0 Å². The molecule has 92 valence electrons. The van der Waals surface area contributed by atoms with Gasteiger partial charge in [-0.3, -0.25) is 0 Å². The number of nitrogens with one attached hydrogen (secondary N) is 1. The Kier molecular flexibility index (Phi) is 3.76. The number of fused-ring (bicyclic) bond motifs is 1. The largest absolute Gasteiger partial charge is 0.395 e. The molecule has 0 aliphatic carbocycles. The van der Waals surface area contributed by atoms with Crippen molar-refractivity contribution in [1.82, 2.24) is 14.9 Å². The zero-order valence-corrected chi connectivity index (χ0v) is 10.3. The fourth-order valence-electron chi connectivity index (χ4n) is 1.93. The maximum atomic E-state index is 9.04. The highest BCUT2D eigenvalue weighted by molar-refractivity contribution is 5.80. The summed E-state index contributed by atoms with van der Waals surface area (Å²) >= 11 is 0. The minimum Gasteiger partial charge on any atom is -0.395 e. The second kappa shape index (κ2) is 5.29. The van der Waals surface area contributed by atoms with Gasteiger partial charge in [-0.1, -0.05) is 13.8 Å². The van der Waals surface area contributed by atoms with Gasteiger partial charge in [0.2, 0.25) is 0 Å². The predicted octanol–water partition coefficient (Wildman–Crippen LogP) is 1.53. The van der Waals surface area contributed by atoms with Crippen LogP contribution in [0.4, 0.5) is 0 Å². The summed E-state index contributed by atoms with van der Waals surface area (Å²) in [7, 11) is 0. The first-order valence-electron chi connectivity index (χ1n) is 5.99. The fourth-order valence-corrected chi connectivity index (χ4v) is 1.93. The van der Waals surface area contributed by atoms with Gasteiger partial charge in [0.1, 0.15) is 5.65 Å². The Morgan fingerprint density at radius 1 is 1.47 bits per heavy atom. The zero-order chi connectivity index (χ0) is 12.3. The lowest BCUT2D eigenvalue weighted by molar-refractivity contribution is 0.277. The molecule has 0 saturated heterocycles. The molecule has 0 bridgehead atoms. The number of aliphatic hydroxyl groups excluding tert-OH is 1. The normalized spacial score (nSPS) is 11.5. The van der Waals surface area contributed by atoms with Crippen molar-refractivity contribution in [1.29, 1.82) is 0 Å². The van der Waals surface area contributed by atoms with Crippen LogP contribution >= 0.6 is 0 Å². The predicted molar refractivity (Wildman–Crippen MR) is 68.8 cm³/mol. The molecule has 0 unspecified atom stereocenters. The number of aromatic nitrogens is 2. The maximum Gasteiger partial charge on any atom is 0.140 e. The molecule has 17 heavy (non-hydrogen) atoms. The maximum absolute atomic E-state index is 9.04. The summed E-state index contributed by atoms with van der Waals surface area (Å²) in [5.41, 5.74) is 2.18. The molecule has 0 saturated carbocycles. The summed E-state index contributed by atoms with van der Waals surface area (Å²) < 4.78 is 2.01. The quantitative estimate of drug-likeness (QED) is 0.823. The van der Waals surface area contributed by atoms with E-state index in [1.165, 1.54) is 5.56 Å². The third kappa shape index (κ3) is 2.65. The summed E-state index contributed by atoms with van der Waals surface area (Å²) in [6, 6.07) is 4.49. The highest BCUT2D eigenvalue weighted by atomic mass is 16.3. The highest BCUT2D eigenvalue weighted by Crippen LogP contribution is 2.19. The Hall–Kier alpha value is -1.39. The molecule has 0 amide bonds. The average Bonchev–Trinajstić information content (AvgIpc) is 2.66. The van der Waals surface area contributed by atoms with Crippen molar-refractivity contribution in [2.24, 2.45) is 0 Å². The van der Waals surface area contributed by atoms with E-state index < -0.39 is 0 Å². The van der Waals surface area contributed by atoms with Crippen LogP contribution < -0.4 is 5.32 Å². The second-order valence-electron chi connectivity index (χ2n) is 4.48. The molecule has 0 atom stereocenters. The highest BCUT2D eigenvalue weighted by Gasteiger charge is 2.08. The van der Waals surface area contributed by atoms with Gasteiger partial charge >= 0.3 is 0 Å². The molecule has 2 aromatic rings. The number of rotatable bonds is 5. The van der Waals surface area contributed by atoms with Crippen LogP contribution in [0, 0.1) is 0 Å². The first-order valence-corrected chi connectivity index (χ1v) is 5.99. The van der Waals surface area contributed by atoms with Crippen molar-refractivity contribution >= 4 is 11.0 Å². The average molecular weight is 233 g/mol. The first kappa shape index (κ1) is 12.1. The summed E-state index contributed by atoms with van der Waals surface area (Å²) in [5, 5.41) is 13.6. The summed E-state index contributed by atoms with van der Waals surface area (Å²) in [4.78, 5) is 4.37. The van der Waals surface area contributed by atoms with Gasteiger partial charge < -0.3 is 15.0 Å². The topological polar surface area (TPSA) is 50.1 Å². The minimum atomic E-state index is 0.136. The molecule has 0 spiro atoms. The van der Waals surface area contributed by atoms with E-state index in [9.17, 15) is 0 Å². The van der Waals surface area contributed by atoms with E-state index in [1.807, 2.05) is 10.6 Å². The molecule has 4 nitrogen and oxygen atoms in total. The van der Waals surface area contributed by atoms with Gasteiger partial charge in [0, 0.05) is 36.9 Å². The molecule has 2 heterocycles. The first-order chi connectivity index (χ1) is 8.22. The summed E-state index contributed by atoms with van der Waals surface area (Å²) in [6.07, 6.45) is 3.86. The lowest BCUT2D eigenvalue weighted by Gasteiger charge is -2.06. The molecule has 0 aliphatic rings. The number of nitrogens with zero attached hydrogens (tertiary/aromatic N) is 2. The Labute approximate surface area is 101 Å². The SMILES string of the molecule is CC(C)NCc1cn(CCO)c2ncccc12. The molecular formula is C13H19N3O. The van der Waals surface area contributed by atoms with Gasteiger partial charge in [-0.25, -0.2) is 4.98 Å². The van der Waals surface area contributed by atoms with E-state index in [-0.39, 0.29) is 6.61 Å². The third-order valence-corrected chi connectivity index (χ3v) is 2.76. The van der Waals surface area contributed by atoms with Crippen LogP contribution in [0.25, 0.3) is 11.0 Å². The molecule has 0 aliphatic heterocycles. The van der Waals surface area contributed by atoms with Crippen LogP contribution in [0.3, 0.4) is 0 Å². The van der Waals surface area contributed by atoms with Gasteiger partial charge in [-0.15, -0.1) is 0 Å². The molecule has 2 N–H and O–H groups in total. The fraction of sp³-hybridized carbons (Fsp3) is 0.462. The monoisotopic (exact) mass is 233 g/mol. The van der Waals surface area contributed by atoms with E-state index >= 15 is 0 Å². The lowest BCUT2D eigenvalue weighted by atomic mass is 10.2. The second-order valence-corrected chi connectivity index (χ2v) is 4.48. The van der Waals surface area contributed by atoms with Crippen LogP contribution in [0.15, 0.2) is 24.5 Å². The van der Waals surface area contributed by atoms with Crippen LogP contribution in [0.2, 0.25) is 0 Å². The Morgan fingerprint density at radius 2 is 2.29 bits per heavy atom. The lowest BCUT2D eigenvalue weighted by Crippen LogP contribution is -2.21. The molecule has 2 rings (SSSR count). The smallest absolute Gasteiger partial charge is 0.140 e. The van der Waals surface area contributed by atoms with E-state index in [1.54, 1.807) is 6.20 Å². The molecule has 0 aromatic carbocycles. The summed E-state index contributed by atoms with van der Waals surface area (Å²) in [6.45, 7) is 5.82. The number of aliphatic hydroxyl groups is 1. The molecule has 0 radical (unpaired) electrons. The van der Waals surface area contributed by atoms with Gasteiger partial charge in [-0.2, -0.15) is 0 Å². The molecule has 2 aromatic heterocycles. The Bertz CT molecular complexity index is 490. The molecule has 4 heteroatoms. The third-order valence-electron chi connectivity index (χ3n) is 2.76. The van der Waals surface area contributed by atoms with Crippen molar-refractivity contribution < 1.29 is 5.11 Å².